The molecule has 0 aliphatic rings. The number of hydrogen-bond acceptors (Lipinski definition) is 24. The Kier molecular flexibility index (Phi) is 250. The number of unbranched alkanes of at least 4 members (excludes halogenated alkanes) is 42. The fourth-order valence-corrected chi connectivity index (χ4v) is 12.4. The second kappa shape index (κ2) is 186. The molecule has 126 heavy (non-hydrogen) atoms. The molecule has 0 atom stereocenters. The first-order chi connectivity index (χ1) is 58.6. The third-order valence-electron chi connectivity index (χ3n) is 18.9. The smallest absolute Gasteiger partial charge is 0.854 e. The van der Waals surface area contributed by atoms with Crippen LogP contribution in [0.4, 0.5) is 0 Å². The van der Waals surface area contributed by atoms with E-state index in [1.807, 2.05) is 29.4 Å². The van der Waals surface area contributed by atoms with Gasteiger partial charge in [-0.05, 0) is 156 Å². The standard InChI is InChI=1S/6C14H29NO2.6CNS.6Fe/c6*1-2-3-4-5-6-7-8-9-10-15(11-13-16)12-14-17;6*2-1-3;;;;;;/h6*2-14H2,1H3;;;;;;;;;;;;/q6*-2;6*-1;6*+4. The summed E-state index contributed by atoms with van der Waals surface area (Å²) in [6, 6.07) is 0. The van der Waals surface area contributed by atoms with Crippen LogP contribution in [0.15, 0.2) is 0 Å². The summed E-state index contributed by atoms with van der Waals surface area (Å²) in [6.07, 6.45) is 62.4. The number of isothiocyanates is 6. The fraction of sp³-hybridized carbons (Fsp3) is 0.933. The Labute approximate surface area is 868 Å². The molecular weight excluding hydrogens is 1970 g/mol. The van der Waals surface area contributed by atoms with E-state index in [0.29, 0.717) is 78.5 Å². The van der Waals surface area contributed by atoms with Gasteiger partial charge in [-0.1, -0.05) is 385 Å². The predicted octanol–water partition coefficient (Wildman–Crippen LogP) is 10.8. The summed E-state index contributed by atoms with van der Waals surface area (Å²) in [7, 11) is 0. The minimum atomic E-state index is -0.0863. The largest absolute Gasteiger partial charge is 4.00 e. The molecule has 36 heteroatoms. The molecule has 0 saturated heterocycles. The Morgan fingerprint density at radius 2 is 0.206 bits per heavy atom. The topological polar surface area (TPSA) is 430 Å². The summed E-state index contributed by atoms with van der Waals surface area (Å²) in [4.78, 5) is 12.1. The van der Waals surface area contributed by atoms with Crippen LogP contribution in [-0.4, -0.2) is 257 Å². The molecule has 0 amide bonds. The maximum atomic E-state index is 10.5. The van der Waals surface area contributed by atoms with E-state index < -0.39 is 0 Å². The average Bonchev–Trinajstić information content (AvgIpc) is 1.05. The van der Waals surface area contributed by atoms with E-state index in [-0.39, 0.29) is 182 Å². The minimum absolute atomic E-state index is 0. The molecule has 0 fully saturated rings. The maximum Gasteiger partial charge on any atom is 4.00 e. The quantitative estimate of drug-likeness (QED) is 0.0236. The molecule has 0 aliphatic heterocycles. The Morgan fingerprint density at radius 3 is 0.270 bits per heavy atom. The number of hydrogen-bond donors (Lipinski definition) is 0. The van der Waals surface area contributed by atoms with Gasteiger partial charge in [0.15, 0.2) is 0 Å². The van der Waals surface area contributed by atoms with Crippen molar-refractivity contribution in [2.75, 3.05) is 197 Å². The van der Waals surface area contributed by atoms with Crippen molar-refractivity contribution in [3.05, 3.63) is 32.5 Å². The normalized spacial score (nSPS) is 9.52. The molecule has 0 rings (SSSR count). The third-order valence-corrected chi connectivity index (χ3v) is 18.9. The van der Waals surface area contributed by atoms with E-state index in [0.717, 1.165) is 77.8 Å². The van der Waals surface area contributed by atoms with Crippen LogP contribution < -0.4 is 61.3 Å². The van der Waals surface area contributed by atoms with E-state index in [1.165, 1.54) is 301 Å². The molecule has 0 spiro atoms. The monoisotopic (exact) mass is 2140 g/mol. The molecule has 0 unspecified atom stereocenters. The number of thiocarbonyl (C=S) groups is 6. The first kappa shape index (κ1) is 170. The summed E-state index contributed by atoms with van der Waals surface area (Å²) < 4.78 is 0. The van der Waals surface area contributed by atoms with Crippen molar-refractivity contribution in [3.63, 3.8) is 0 Å². The van der Waals surface area contributed by atoms with Gasteiger partial charge < -0.3 is 123 Å². The maximum absolute atomic E-state index is 10.5. The molecule has 0 saturated carbocycles. The van der Waals surface area contributed by atoms with Gasteiger partial charge in [0.2, 0.25) is 0 Å². The Balaban J connectivity index is -0.0000000660. The third kappa shape index (κ3) is 204. The summed E-state index contributed by atoms with van der Waals surface area (Å²) >= 11 is 22.2. The van der Waals surface area contributed by atoms with Crippen molar-refractivity contribution in [3.8, 4) is 0 Å². The summed E-state index contributed by atoms with van der Waals surface area (Å²) in [5.41, 5.74) is 0. The summed E-state index contributed by atoms with van der Waals surface area (Å²) in [5.74, 6) is 0. The molecule has 744 valence electrons. The van der Waals surface area contributed by atoms with Crippen molar-refractivity contribution in [2.24, 2.45) is 0 Å². The fourth-order valence-electron chi connectivity index (χ4n) is 12.4. The summed E-state index contributed by atoms with van der Waals surface area (Å²) in [6.45, 7) is 24.4. The zero-order valence-corrected chi connectivity index (χ0v) is 90.5. The molecule has 24 nitrogen and oxygen atoms in total. The Hall–Kier alpha value is 1.20. The van der Waals surface area contributed by atoms with Crippen LogP contribution >= 0.6 is 73.3 Å². The molecule has 0 heterocycles. The average molecular weight is 2140 g/mol. The van der Waals surface area contributed by atoms with Gasteiger partial charge in [-0.25, -0.2) is 0 Å². The van der Waals surface area contributed by atoms with E-state index in [1.54, 1.807) is 0 Å². The van der Waals surface area contributed by atoms with E-state index in [2.05, 4.69) is 115 Å². The van der Waals surface area contributed by atoms with Gasteiger partial charge in [-0.15, -0.1) is 79.3 Å². The number of rotatable bonds is 78. The van der Waals surface area contributed by atoms with Crippen LogP contribution in [0.1, 0.15) is 350 Å². The molecular formula is C90H174Fe6N12O12S6+6. The van der Waals surface area contributed by atoms with Crippen molar-refractivity contribution < 1.29 is 164 Å². The molecule has 0 aromatic rings. The van der Waals surface area contributed by atoms with Gasteiger partial charge in [0.25, 0.3) is 0 Å². The van der Waals surface area contributed by atoms with Crippen LogP contribution in [0, 0.1) is 0 Å². The van der Waals surface area contributed by atoms with Crippen LogP contribution in [0.3, 0.4) is 0 Å². The molecule has 0 aromatic heterocycles. The second-order valence-corrected chi connectivity index (χ2v) is 30.0. The Bertz CT molecular complexity index is 1600. The van der Waals surface area contributed by atoms with Crippen molar-refractivity contribution in [2.45, 2.75) is 350 Å². The van der Waals surface area contributed by atoms with Crippen molar-refractivity contribution in [1.82, 2.24) is 29.4 Å². The summed E-state index contributed by atoms with van der Waals surface area (Å²) in [5, 5.41) is 177. The van der Waals surface area contributed by atoms with E-state index in [9.17, 15) is 61.3 Å². The van der Waals surface area contributed by atoms with Crippen molar-refractivity contribution >= 4 is 104 Å². The van der Waals surface area contributed by atoms with Gasteiger partial charge in [0.05, 0.1) is 0 Å². The van der Waals surface area contributed by atoms with Crippen molar-refractivity contribution in [1.29, 1.82) is 0 Å². The zero-order chi connectivity index (χ0) is 92.9. The molecule has 0 bridgehead atoms. The molecule has 0 radical (unpaired) electrons. The second-order valence-electron chi connectivity index (χ2n) is 28.9. The number of nitrogens with zero attached hydrogens (tertiary/aromatic N) is 12. The molecule has 0 N–H and O–H groups in total. The van der Waals surface area contributed by atoms with Crippen LogP contribution in [-0.2, 0) is 102 Å². The van der Waals surface area contributed by atoms with E-state index in [4.69, 9.17) is 32.5 Å². The first-order valence-electron chi connectivity index (χ1n) is 46.0. The Morgan fingerprint density at radius 1 is 0.143 bits per heavy atom. The SMILES string of the molecule is CCCCCCCCCCN(CC[O-])CC[O-].CCCCCCCCCCN(CC[O-])CC[O-].CCCCCCCCCCN(CC[O-])CC[O-].CCCCCCCCCCN(CC[O-])CC[O-].CCCCCCCCCCN(CC[O-])CC[O-].CCCCCCCCCCN(CC[O-])CC[O-].[Fe+4].[Fe+4].[Fe+4].[Fe+4].[Fe+4].[Fe+4].[N-]=C=S.[N-]=C=S.[N-]=C=S.[N-]=C=S.[N-]=C=S.[N-]=C=S. The van der Waals surface area contributed by atoms with Gasteiger partial charge in [-0.2, -0.15) is 31.0 Å². The van der Waals surface area contributed by atoms with E-state index >= 15 is 0 Å². The van der Waals surface area contributed by atoms with Gasteiger partial charge >= 0.3 is 102 Å². The van der Waals surface area contributed by atoms with Crippen LogP contribution in [0.25, 0.3) is 32.5 Å². The van der Waals surface area contributed by atoms with Gasteiger partial charge in [-0.3, -0.25) is 0 Å². The van der Waals surface area contributed by atoms with Gasteiger partial charge in [0, 0.05) is 0 Å². The molecule has 0 aromatic carbocycles. The predicted molar refractivity (Wildman–Crippen MR) is 508 cm³/mol. The van der Waals surface area contributed by atoms with Crippen LogP contribution in [0.2, 0.25) is 0 Å². The van der Waals surface area contributed by atoms with Gasteiger partial charge in [0.1, 0.15) is 0 Å². The minimum Gasteiger partial charge on any atom is -0.854 e. The zero-order valence-electron chi connectivity index (χ0n) is 79.0. The molecule has 0 aliphatic carbocycles. The van der Waals surface area contributed by atoms with Crippen LogP contribution in [0.5, 0.6) is 0 Å². The first-order valence-corrected chi connectivity index (χ1v) is 48.4.